The maximum absolute atomic E-state index is 12.3. The zero-order valence-electron chi connectivity index (χ0n) is 14.5. The lowest BCUT2D eigenvalue weighted by molar-refractivity contribution is 0.0698. The van der Waals surface area contributed by atoms with E-state index in [2.05, 4.69) is 22.5 Å². The number of aromatic carboxylic acids is 1. The number of hydrogen-bond donors (Lipinski definition) is 2. The zero-order chi connectivity index (χ0) is 19.0. The second kappa shape index (κ2) is 6.60. The molecule has 3 aromatic rings. The molecule has 7 nitrogen and oxygen atoms in total. The Morgan fingerprint density at radius 3 is 2.30 bits per heavy atom. The average molecular weight is 363 g/mol. The van der Waals surface area contributed by atoms with Gasteiger partial charge in [0.1, 0.15) is 18.0 Å². The summed E-state index contributed by atoms with van der Waals surface area (Å²) >= 11 is 0. The Kier molecular flexibility index (Phi) is 4.12. The minimum absolute atomic E-state index is 0.0615. The summed E-state index contributed by atoms with van der Waals surface area (Å²) in [7, 11) is 1.55. The number of hydrogen-bond acceptors (Lipinski definition) is 4. The summed E-state index contributed by atoms with van der Waals surface area (Å²) in [6, 6.07) is 16.1. The van der Waals surface area contributed by atoms with Crippen LogP contribution in [0.5, 0.6) is 0 Å². The number of nitrogens with one attached hydrogen (secondary N) is 1. The SMILES string of the molecule is Cn1ncc(C(=O)O)c1NC(=O)OCC1c2ccccc2-c2ccccc21. The summed E-state index contributed by atoms with van der Waals surface area (Å²) in [6.07, 6.45) is 0.462. The van der Waals surface area contributed by atoms with E-state index in [-0.39, 0.29) is 23.9 Å². The molecule has 2 N–H and O–H groups in total. The number of carbonyl (C=O) groups is 2. The molecule has 1 aromatic heterocycles. The molecule has 27 heavy (non-hydrogen) atoms. The first kappa shape index (κ1) is 16.8. The Morgan fingerprint density at radius 1 is 1.11 bits per heavy atom. The molecular weight excluding hydrogens is 346 g/mol. The van der Waals surface area contributed by atoms with Crippen LogP contribution >= 0.6 is 0 Å². The van der Waals surface area contributed by atoms with Crippen LogP contribution in [0.4, 0.5) is 10.6 Å². The number of amides is 1. The third kappa shape index (κ3) is 2.93. The Morgan fingerprint density at radius 2 is 1.70 bits per heavy atom. The van der Waals surface area contributed by atoms with Crippen molar-refractivity contribution in [3.05, 3.63) is 71.4 Å². The van der Waals surface area contributed by atoms with Crippen molar-refractivity contribution < 1.29 is 19.4 Å². The molecule has 0 spiro atoms. The highest BCUT2D eigenvalue weighted by Crippen LogP contribution is 2.44. The quantitative estimate of drug-likeness (QED) is 0.740. The van der Waals surface area contributed by atoms with Crippen LogP contribution in [0.2, 0.25) is 0 Å². The standard InChI is InChI=1S/C20H17N3O4/c1-23-18(16(10-21-23)19(24)25)22-20(26)27-11-17-14-8-4-2-6-12(14)13-7-3-5-9-15(13)17/h2-10,17H,11H2,1H3,(H,22,26)(H,24,25). The molecule has 0 atom stereocenters. The first-order valence-corrected chi connectivity index (χ1v) is 8.43. The first-order valence-electron chi connectivity index (χ1n) is 8.43. The van der Waals surface area contributed by atoms with Crippen LogP contribution in [0.25, 0.3) is 11.1 Å². The summed E-state index contributed by atoms with van der Waals surface area (Å²) < 4.78 is 6.70. The molecule has 4 rings (SSSR count). The molecule has 0 fully saturated rings. The number of aromatic nitrogens is 2. The normalized spacial score (nSPS) is 12.3. The lowest BCUT2D eigenvalue weighted by Gasteiger charge is -2.14. The Balaban J connectivity index is 1.52. The van der Waals surface area contributed by atoms with Gasteiger partial charge in [0.2, 0.25) is 0 Å². The lowest BCUT2D eigenvalue weighted by atomic mass is 9.98. The highest BCUT2D eigenvalue weighted by molar-refractivity contribution is 5.97. The van der Waals surface area contributed by atoms with Gasteiger partial charge in [-0.05, 0) is 22.3 Å². The van der Waals surface area contributed by atoms with E-state index in [9.17, 15) is 9.59 Å². The van der Waals surface area contributed by atoms with Gasteiger partial charge >= 0.3 is 12.1 Å². The molecule has 0 unspecified atom stereocenters. The predicted molar refractivity (Wildman–Crippen MR) is 98.9 cm³/mol. The number of aryl methyl sites for hydroxylation is 1. The van der Waals surface area contributed by atoms with Crippen molar-refractivity contribution in [2.45, 2.75) is 5.92 Å². The van der Waals surface area contributed by atoms with Crippen LogP contribution in [0.3, 0.4) is 0 Å². The molecular formula is C20H17N3O4. The summed E-state index contributed by atoms with van der Waals surface area (Å²) in [5.41, 5.74) is 4.41. The van der Waals surface area contributed by atoms with E-state index in [1.165, 1.54) is 10.9 Å². The fourth-order valence-electron chi connectivity index (χ4n) is 3.47. The van der Waals surface area contributed by atoms with E-state index in [1.807, 2.05) is 36.4 Å². The van der Waals surface area contributed by atoms with Crippen LogP contribution < -0.4 is 5.32 Å². The topological polar surface area (TPSA) is 93.5 Å². The Hall–Kier alpha value is -3.61. The second-order valence-corrected chi connectivity index (χ2v) is 6.29. The van der Waals surface area contributed by atoms with Crippen molar-refractivity contribution in [2.24, 2.45) is 7.05 Å². The predicted octanol–water partition coefficient (Wildman–Crippen LogP) is 3.48. The van der Waals surface area contributed by atoms with Crippen LogP contribution in [-0.2, 0) is 11.8 Å². The minimum Gasteiger partial charge on any atom is -0.477 e. The number of rotatable bonds is 4. The van der Waals surface area contributed by atoms with Gasteiger partial charge in [-0.3, -0.25) is 10.00 Å². The Labute approximate surface area is 155 Å². The average Bonchev–Trinajstić information content (AvgIpc) is 3.19. The smallest absolute Gasteiger partial charge is 0.412 e. The van der Waals surface area contributed by atoms with Crippen LogP contribution in [0.1, 0.15) is 27.4 Å². The fraction of sp³-hybridized carbons (Fsp3) is 0.150. The Bertz CT molecular complexity index is 996. The molecule has 0 aliphatic heterocycles. The highest BCUT2D eigenvalue weighted by atomic mass is 16.5. The van der Waals surface area contributed by atoms with Gasteiger partial charge in [0.25, 0.3) is 0 Å². The van der Waals surface area contributed by atoms with Crippen LogP contribution in [-0.4, -0.2) is 33.6 Å². The second-order valence-electron chi connectivity index (χ2n) is 6.29. The monoisotopic (exact) mass is 363 g/mol. The van der Waals surface area contributed by atoms with Crippen molar-refractivity contribution >= 4 is 17.9 Å². The molecule has 1 amide bonds. The number of ether oxygens (including phenoxy) is 1. The third-order valence-electron chi connectivity index (χ3n) is 4.73. The van der Waals surface area contributed by atoms with E-state index in [0.717, 1.165) is 22.3 Å². The maximum atomic E-state index is 12.3. The van der Waals surface area contributed by atoms with Crippen molar-refractivity contribution in [3.63, 3.8) is 0 Å². The fourth-order valence-corrected chi connectivity index (χ4v) is 3.47. The number of carboxylic acids is 1. The van der Waals surface area contributed by atoms with Crippen molar-refractivity contribution in [1.82, 2.24) is 9.78 Å². The number of anilines is 1. The highest BCUT2D eigenvalue weighted by Gasteiger charge is 2.29. The molecule has 1 aliphatic carbocycles. The minimum atomic E-state index is -1.17. The number of carboxylic acid groups (broad SMARTS) is 1. The van der Waals surface area contributed by atoms with Crippen molar-refractivity contribution in [3.8, 4) is 11.1 Å². The largest absolute Gasteiger partial charge is 0.477 e. The van der Waals surface area contributed by atoms with Crippen LogP contribution in [0.15, 0.2) is 54.7 Å². The van der Waals surface area contributed by atoms with E-state index >= 15 is 0 Å². The molecule has 2 aromatic carbocycles. The van der Waals surface area contributed by atoms with Gasteiger partial charge < -0.3 is 9.84 Å². The number of nitrogens with zero attached hydrogens (tertiary/aromatic N) is 2. The zero-order valence-corrected chi connectivity index (χ0v) is 14.5. The summed E-state index contributed by atoms with van der Waals surface area (Å²) in [5.74, 6) is -1.15. The van der Waals surface area contributed by atoms with Gasteiger partial charge in [-0.1, -0.05) is 48.5 Å². The number of benzene rings is 2. The molecule has 0 saturated heterocycles. The summed E-state index contributed by atoms with van der Waals surface area (Å²) in [5, 5.41) is 15.5. The van der Waals surface area contributed by atoms with Gasteiger partial charge in [0.15, 0.2) is 0 Å². The summed E-state index contributed by atoms with van der Waals surface area (Å²) in [4.78, 5) is 23.5. The molecule has 1 aliphatic rings. The van der Waals surface area contributed by atoms with E-state index in [1.54, 1.807) is 7.05 Å². The van der Waals surface area contributed by atoms with E-state index in [0.29, 0.717) is 0 Å². The van der Waals surface area contributed by atoms with Gasteiger partial charge in [-0.2, -0.15) is 5.10 Å². The van der Waals surface area contributed by atoms with E-state index < -0.39 is 12.1 Å². The van der Waals surface area contributed by atoms with E-state index in [4.69, 9.17) is 9.84 Å². The third-order valence-corrected chi connectivity index (χ3v) is 4.73. The number of fused-ring (bicyclic) bond motifs is 3. The molecule has 0 radical (unpaired) electrons. The molecule has 0 bridgehead atoms. The van der Waals surface area contributed by atoms with Gasteiger partial charge in [0.05, 0.1) is 6.20 Å². The first-order chi connectivity index (χ1) is 13.1. The molecule has 7 heteroatoms. The summed E-state index contributed by atoms with van der Waals surface area (Å²) in [6.45, 7) is 0.153. The number of carbonyl (C=O) groups excluding carboxylic acids is 1. The van der Waals surface area contributed by atoms with Gasteiger partial charge in [-0.15, -0.1) is 0 Å². The lowest BCUT2D eigenvalue weighted by Crippen LogP contribution is -2.20. The van der Waals surface area contributed by atoms with Crippen LogP contribution in [0, 0.1) is 0 Å². The van der Waals surface area contributed by atoms with Gasteiger partial charge in [-0.25, -0.2) is 9.59 Å². The maximum Gasteiger partial charge on any atom is 0.412 e. The van der Waals surface area contributed by atoms with Crippen molar-refractivity contribution in [2.75, 3.05) is 11.9 Å². The molecule has 0 saturated carbocycles. The molecule has 136 valence electrons. The molecule has 1 heterocycles. The van der Waals surface area contributed by atoms with Gasteiger partial charge in [0, 0.05) is 13.0 Å². The van der Waals surface area contributed by atoms with Crippen molar-refractivity contribution in [1.29, 1.82) is 0 Å².